The van der Waals surface area contributed by atoms with Crippen molar-refractivity contribution in [2.24, 2.45) is 0 Å². The number of carbonyl (C=O) groups is 2. The van der Waals surface area contributed by atoms with E-state index in [1.54, 1.807) is 0 Å². The largest absolute Gasteiger partial charge is 0.326 e. The van der Waals surface area contributed by atoms with Crippen molar-refractivity contribution >= 4 is 23.2 Å². The summed E-state index contributed by atoms with van der Waals surface area (Å²) in [5.74, 6) is -0.00265. The van der Waals surface area contributed by atoms with Crippen LogP contribution in [0.15, 0.2) is 18.2 Å². The second-order valence-corrected chi connectivity index (χ2v) is 5.16. The lowest BCUT2D eigenvalue weighted by Gasteiger charge is -2.18. The molecule has 0 aromatic heterocycles. The molecule has 0 saturated carbocycles. The summed E-state index contributed by atoms with van der Waals surface area (Å²) in [6, 6.07) is 5.91. The first-order valence-corrected chi connectivity index (χ1v) is 7.04. The molecule has 108 valence electrons. The van der Waals surface area contributed by atoms with Crippen LogP contribution in [0.3, 0.4) is 0 Å². The number of benzene rings is 1. The molecule has 2 amide bonds. The third kappa shape index (κ3) is 3.81. The van der Waals surface area contributed by atoms with E-state index in [2.05, 4.69) is 29.8 Å². The van der Waals surface area contributed by atoms with Crippen molar-refractivity contribution in [3.05, 3.63) is 23.8 Å². The Morgan fingerprint density at radius 1 is 1.40 bits per heavy atom. The van der Waals surface area contributed by atoms with E-state index in [-0.39, 0.29) is 11.8 Å². The predicted octanol–water partition coefficient (Wildman–Crippen LogP) is 1.90. The van der Waals surface area contributed by atoms with E-state index in [4.69, 9.17) is 0 Å². The van der Waals surface area contributed by atoms with Crippen LogP contribution >= 0.6 is 0 Å². The Bertz CT molecular complexity index is 514. The third-order valence-electron chi connectivity index (χ3n) is 3.51. The second-order valence-electron chi connectivity index (χ2n) is 5.16. The molecule has 0 spiro atoms. The minimum absolute atomic E-state index is 0.0482. The first-order chi connectivity index (χ1) is 9.58. The topological polar surface area (TPSA) is 70.2 Å². The highest BCUT2D eigenvalue weighted by molar-refractivity contribution is 5.96. The molecule has 1 unspecified atom stereocenters. The van der Waals surface area contributed by atoms with Crippen molar-refractivity contribution < 1.29 is 9.59 Å². The summed E-state index contributed by atoms with van der Waals surface area (Å²) in [7, 11) is 0. The van der Waals surface area contributed by atoms with Crippen LogP contribution in [-0.4, -0.2) is 24.4 Å². The van der Waals surface area contributed by atoms with Gasteiger partial charge in [-0.3, -0.25) is 9.59 Å². The van der Waals surface area contributed by atoms with Crippen molar-refractivity contribution in [3.8, 4) is 0 Å². The molecule has 0 fully saturated rings. The highest BCUT2D eigenvalue weighted by Gasteiger charge is 2.15. The zero-order chi connectivity index (χ0) is 14.5. The average Bonchev–Trinajstić information content (AvgIpc) is 2.45. The van der Waals surface area contributed by atoms with Gasteiger partial charge in [0.15, 0.2) is 0 Å². The van der Waals surface area contributed by atoms with Crippen LogP contribution in [-0.2, 0) is 16.0 Å². The zero-order valence-corrected chi connectivity index (χ0v) is 12.0. The van der Waals surface area contributed by atoms with Gasteiger partial charge in [-0.25, -0.2) is 0 Å². The Labute approximate surface area is 119 Å². The zero-order valence-electron chi connectivity index (χ0n) is 12.0. The Kier molecular flexibility index (Phi) is 4.74. The fourth-order valence-corrected chi connectivity index (χ4v) is 2.08. The number of fused-ring (bicyclic) bond motifs is 1. The van der Waals surface area contributed by atoms with Gasteiger partial charge >= 0.3 is 0 Å². The Morgan fingerprint density at radius 2 is 2.20 bits per heavy atom. The molecular formula is C15H21N3O2. The summed E-state index contributed by atoms with van der Waals surface area (Å²) < 4.78 is 0. The van der Waals surface area contributed by atoms with E-state index < -0.39 is 0 Å². The van der Waals surface area contributed by atoms with Crippen LogP contribution in [0.1, 0.15) is 32.3 Å². The van der Waals surface area contributed by atoms with Crippen LogP contribution in [0.5, 0.6) is 0 Å². The number of hydrogen-bond donors (Lipinski definition) is 3. The molecule has 5 nitrogen and oxygen atoms in total. The van der Waals surface area contributed by atoms with E-state index in [0.717, 1.165) is 29.8 Å². The maximum atomic E-state index is 11.8. The van der Waals surface area contributed by atoms with E-state index in [1.165, 1.54) is 0 Å². The third-order valence-corrected chi connectivity index (χ3v) is 3.51. The first-order valence-electron chi connectivity index (χ1n) is 7.04. The minimum Gasteiger partial charge on any atom is -0.326 e. The lowest BCUT2D eigenvalue weighted by atomic mass is 10.0. The standard InChI is InChI=1S/C15H21N3O2/c1-3-10(2)16-9-15(20)17-12-5-6-13-11(8-12)4-7-14(19)18-13/h5-6,8,10,16H,3-4,7,9H2,1-2H3,(H,17,20)(H,18,19). The molecule has 1 aromatic rings. The molecule has 3 N–H and O–H groups in total. The number of carbonyl (C=O) groups excluding carboxylic acids is 2. The molecule has 1 atom stereocenters. The van der Waals surface area contributed by atoms with Crippen molar-refractivity contribution in [2.45, 2.75) is 39.2 Å². The number of rotatable bonds is 5. The Balaban J connectivity index is 1.93. The number of anilines is 2. The maximum absolute atomic E-state index is 11.8. The SMILES string of the molecule is CCC(C)NCC(=O)Nc1ccc2c(c1)CCC(=O)N2. The molecule has 1 aliphatic heterocycles. The quantitative estimate of drug-likeness (QED) is 0.768. The summed E-state index contributed by atoms with van der Waals surface area (Å²) >= 11 is 0. The molecule has 1 aromatic carbocycles. The van der Waals surface area contributed by atoms with E-state index in [0.29, 0.717) is 19.0 Å². The fourth-order valence-electron chi connectivity index (χ4n) is 2.08. The van der Waals surface area contributed by atoms with Crippen LogP contribution < -0.4 is 16.0 Å². The number of hydrogen-bond acceptors (Lipinski definition) is 3. The molecule has 5 heteroatoms. The monoisotopic (exact) mass is 275 g/mol. The van der Waals surface area contributed by atoms with Crippen LogP contribution in [0, 0.1) is 0 Å². The minimum atomic E-state index is -0.0508. The van der Waals surface area contributed by atoms with E-state index >= 15 is 0 Å². The van der Waals surface area contributed by atoms with E-state index in [1.807, 2.05) is 18.2 Å². The fraction of sp³-hybridized carbons (Fsp3) is 0.467. The molecule has 0 aliphatic carbocycles. The summed E-state index contributed by atoms with van der Waals surface area (Å²) in [6.07, 6.45) is 2.21. The molecule has 1 heterocycles. The van der Waals surface area contributed by atoms with Gasteiger partial charge in [0.05, 0.1) is 6.54 Å². The molecule has 1 aliphatic rings. The molecule has 2 rings (SSSR count). The molecule has 20 heavy (non-hydrogen) atoms. The Morgan fingerprint density at radius 3 is 2.95 bits per heavy atom. The van der Waals surface area contributed by atoms with Crippen LogP contribution in [0.2, 0.25) is 0 Å². The van der Waals surface area contributed by atoms with Crippen LogP contribution in [0.25, 0.3) is 0 Å². The number of aryl methyl sites for hydroxylation is 1. The van der Waals surface area contributed by atoms with Crippen LogP contribution in [0.4, 0.5) is 11.4 Å². The summed E-state index contributed by atoms with van der Waals surface area (Å²) in [5.41, 5.74) is 2.69. The van der Waals surface area contributed by atoms with Gasteiger partial charge in [-0.05, 0) is 43.5 Å². The number of nitrogens with one attached hydrogen (secondary N) is 3. The lowest BCUT2D eigenvalue weighted by Crippen LogP contribution is -2.34. The van der Waals surface area contributed by atoms with Crippen molar-refractivity contribution in [1.29, 1.82) is 0 Å². The van der Waals surface area contributed by atoms with Gasteiger partial charge in [-0.1, -0.05) is 6.92 Å². The molecule has 0 radical (unpaired) electrons. The van der Waals surface area contributed by atoms with Gasteiger partial charge < -0.3 is 16.0 Å². The first kappa shape index (κ1) is 14.5. The number of amides is 2. The van der Waals surface area contributed by atoms with E-state index in [9.17, 15) is 9.59 Å². The highest BCUT2D eigenvalue weighted by Crippen LogP contribution is 2.25. The second kappa shape index (κ2) is 6.52. The van der Waals surface area contributed by atoms with Gasteiger partial charge in [0.2, 0.25) is 11.8 Å². The lowest BCUT2D eigenvalue weighted by molar-refractivity contribution is -0.116. The summed E-state index contributed by atoms with van der Waals surface area (Å²) in [5, 5.41) is 8.84. The van der Waals surface area contributed by atoms with Gasteiger partial charge in [-0.15, -0.1) is 0 Å². The average molecular weight is 275 g/mol. The Hall–Kier alpha value is -1.88. The summed E-state index contributed by atoms with van der Waals surface area (Å²) in [6.45, 7) is 4.44. The highest BCUT2D eigenvalue weighted by atomic mass is 16.2. The van der Waals surface area contributed by atoms with Crippen molar-refractivity contribution in [2.75, 3.05) is 17.2 Å². The van der Waals surface area contributed by atoms with Gasteiger partial charge in [-0.2, -0.15) is 0 Å². The summed E-state index contributed by atoms with van der Waals surface area (Å²) in [4.78, 5) is 23.1. The predicted molar refractivity (Wildman–Crippen MR) is 79.8 cm³/mol. The smallest absolute Gasteiger partial charge is 0.238 e. The van der Waals surface area contributed by atoms with Gasteiger partial charge in [0, 0.05) is 23.8 Å². The van der Waals surface area contributed by atoms with Crippen molar-refractivity contribution in [3.63, 3.8) is 0 Å². The van der Waals surface area contributed by atoms with Crippen molar-refractivity contribution in [1.82, 2.24) is 5.32 Å². The molecule has 0 bridgehead atoms. The normalized spacial score (nSPS) is 15.2. The van der Waals surface area contributed by atoms with Gasteiger partial charge in [0.25, 0.3) is 0 Å². The maximum Gasteiger partial charge on any atom is 0.238 e. The van der Waals surface area contributed by atoms with Gasteiger partial charge in [0.1, 0.15) is 0 Å². The molecular weight excluding hydrogens is 254 g/mol. The molecule has 0 saturated heterocycles.